The van der Waals surface area contributed by atoms with E-state index in [1.165, 1.54) is 0 Å². The van der Waals surface area contributed by atoms with E-state index in [0.29, 0.717) is 0 Å². The predicted octanol–water partition coefficient (Wildman–Crippen LogP) is 2.45. The Labute approximate surface area is 59.6 Å². The number of hydrogen-bond donors (Lipinski definition) is 0. The van der Waals surface area contributed by atoms with Gasteiger partial charge in [-0.3, -0.25) is 0 Å². The van der Waals surface area contributed by atoms with E-state index in [1.54, 1.807) is 12.5 Å². The molecule has 1 heterocycles. The molecule has 0 N–H and O–H groups in total. The first-order valence-electron chi connectivity index (χ1n) is 2.94. The minimum Gasteiger partial charge on any atom is -0.472 e. The molecule has 0 saturated carbocycles. The van der Waals surface area contributed by atoms with Gasteiger partial charge in [0.25, 0.3) is 0 Å². The molecule has 0 amide bonds. The second-order valence-corrected chi connectivity index (χ2v) is 2.86. The molecule has 0 aliphatic rings. The summed E-state index contributed by atoms with van der Waals surface area (Å²) in [4.78, 5) is 0. The molecule has 1 unspecified atom stereocenters. The topological polar surface area (TPSA) is 13.1 Å². The van der Waals surface area contributed by atoms with E-state index < -0.39 is 0 Å². The first-order chi connectivity index (χ1) is 4.29. The van der Waals surface area contributed by atoms with Crippen LogP contribution in [0.25, 0.3) is 0 Å². The second-order valence-electron chi connectivity index (χ2n) is 2.12. The van der Waals surface area contributed by atoms with E-state index in [2.05, 4.69) is 0 Å². The van der Waals surface area contributed by atoms with Crippen LogP contribution in [0.5, 0.6) is 0 Å². The maximum atomic E-state index is 5.73. The summed E-state index contributed by atoms with van der Waals surface area (Å²) in [5.74, 6) is 0. The van der Waals surface area contributed by atoms with Gasteiger partial charge in [0.1, 0.15) is 0 Å². The molecule has 9 heavy (non-hydrogen) atoms. The Morgan fingerprint density at radius 1 is 1.78 bits per heavy atom. The quantitative estimate of drug-likeness (QED) is 0.582. The van der Waals surface area contributed by atoms with Crippen molar-refractivity contribution in [2.24, 2.45) is 0 Å². The van der Waals surface area contributed by atoms with Crippen molar-refractivity contribution in [2.45, 2.75) is 18.7 Å². The number of furan rings is 1. The van der Waals surface area contributed by atoms with Gasteiger partial charge in [-0.1, -0.05) is 0 Å². The van der Waals surface area contributed by atoms with Crippen molar-refractivity contribution in [1.82, 2.24) is 0 Å². The largest absolute Gasteiger partial charge is 0.472 e. The van der Waals surface area contributed by atoms with Gasteiger partial charge in [-0.25, -0.2) is 0 Å². The highest BCUT2D eigenvalue weighted by Crippen LogP contribution is 2.07. The van der Waals surface area contributed by atoms with Crippen LogP contribution in [0.3, 0.4) is 0 Å². The number of alkyl halides is 1. The molecule has 2 heteroatoms. The van der Waals surface area contributed by atoms with Crippen LogP contribution in [-0.2, 0) is 6.42 Å². The SMILES string of the molecule is CC(Cl)Cc1ccoc1. The Bertz CT molecular complexity index is 155. The van der Waals surface area contributed by atoms with Crippen LogP contribution in [-0.4, -0.2) is 5.38 Å². The van der Waals surface area contributed by atoms with Gasteiger partial charge in [-0.2, -0.15) is 0 Å². The molecule has 1 nitrogen and oxygen atoms in total. The minimum atomic E-state index is 0.197. The lowest BCUT2D eigenvalue weighted by atomic mass is 10.2. The predicted molar refractivity (Wildman–Crippen MR) is 37.7 cm³/mol. The molecule has 0 aromatic carbocycles. The fourth-order valence-corrected chi connectivity index (χ4v) is 0.912. The van der Waals surface area contributed by atoms with Crippen molar-refractivity contribution in [3.8, 4) is 0 Å². The smallest absolute Gasteiger partial charge is 0.0935 e. The minimum absolute atomic E-state index is 0.197. The Hall–Kier alpha value is -0.430. The van der Waals surface area contributed by atoms with E-state index >= 15 is 0 Å². The third-order valence-corrected chi connectivity index (χ3v) is 1.25. The van der Waals surface area contributed by atoms with Gasteiger partial charge in [0.15, 0.2) is 0 Å². The standard InChI is InChI=1S/C7H9ClO/c1-6(8)4-7-2-3-9-5-7/h2-3,5-6H,4H2,1H3. The fraction of sp³-hybridized carbons (Fsp3) is 0.429. The molecule has 50 valence electrons. The van der Waals surface area contributed by atoms with Crippen LogP contribution in [0.15, 0.2) is 23.0 Å². The Morgan fingerprint density at radius 2 is 2.56 bits per heavy atom. The van der Waals surface area contributed by atoms with Crippen LogP contribution >= 0.6 is 11.6 Å². The van der Waals surface area contributed by atoms with Crippen LogP contribution in [0, 0.1) is 0 Å². The first kappa shape index (κ1) is 6.69. The summed E-state index contributed by atoms with van der Waals surface area (Å²) in [5.41, 5.74) is 1.16. The highest BCUT2D eigenvalue weighted by atomic mass is 35.5. The Kier molecular flexibility index (Phi) is 2.17. The summed E-state index contributed by atoms with van der Waals surface area (Å²) < 4.78 is 4.86. The van der Waals surface area contributed by atoms with Crippen molar-refractivity contribution in [1.29, 1.82) is 0 Å². The third kappa shape index (κ3) is 2.10. The van der Waals surface area contributed by atoms with Gasteiger partial charge >= 0.3 is 0 Å². The van der Waals surface area contributed by atoms with Crippen molar-refractivity contribution < 1.29 is 4.42 Å². The van der Waals surface area contributed by atoms with Crippen LogP contribution in [0.4, 0.5) is 0 Å². The van der Waals surface area contributed by atoms with Gasteiger partial charge in [-0.15, -0.1) is 11.6 Å². The van der Waals surface area contributed by atoms with Crippen molar-refractivity contribution in [2.75, 3.05) is 0 Å². The normalized spacial score (nSPS) is 13.6. The molecule has 1 aromatic heterocycles. The molecule has 0 bridgehead atoms. The van der Waals surface area contributed by atoms with Gasteiger partial charge in [0.05, 0.1) is 12.5 Å². The zero-order valence-corrected chi connectivity index (χ0v) is 6.06. The van der Waals surface area contributed by atoms with Crippen molar-refractivity contribution in [3.05, 3.63) is 24.2 Å². The molecule has 0 radical (unpaired) electrons. The van der Waals surface area contributed by atoms with Gasteiger partial charge < -0.3 is 4.42 Å². The average Bonchev–Trinajstić information content (AvgIpc) is 2.15. The highest BCUT2D eigenvalue weighted by molar-refractivity contribution is 6.20. The number of rotatable bonds is 2. The summed E-state index contributed by atoms with van der Waals surface area (Å²) in [6, 6.07) is 1.93. The van der Waals surface area contributed by atoms with Crippen LogP contribution < -0.4 is 0 Å². The zero-order valence-electron chi connectivity index (χ0n) is 5.30. The van der Waals surface area contributed by atoms with E-state index in [4.69, 9.17) is 16.0 Å². The monoisotopic (exact) mass is 144 g/mol. The molecule has 1 atom stereocenters. The lowest BCUT2D eigenvalue weighted by Crippen LogP contribution is -1.94. The Balaban J connectivity index is 2.48. The summed E-state index contributed by atoms with van der Waals surface area (Å²) in [6.07, 6.45) is 4.27. The summed E-state index contributed by atoms with van der Waals surface area (Å²) in [5, 5.41) is 0.197. The fourth-order valence-electron chi connectivity index (χ4n) is 0.734. The Morgan fingerprint density at radius 3 is 3.00 bits per heavy atom. The van der Waals surface area contributed by atoms with E-state index in [0.717, 1.165) is 12.0 Å². The lowest BCUT2D eigenvalue weighted by molar-refractivity contribution is 0.563. The summed E-state index contributed by atoms with van der Waals surface area (Å²) in [6.45, 7) is 1.97. The number of halogens is 1. The first-order valence-corrected chi connectivity index (χ1v) is 3.38. The summed E-state index contributed by atoms with van der Waals surface area (Å²) in [7, 11) is 0. The maximum absolute atomic E-state index is 5.73. The molecule has 0 fully saturated rings. The summed E-state index contributed by atoms with van der Waals surface area (Å²) >= 11 is 5.73. The number of hydrogen-bond acceptors (Lipinski definition) is 1. The molecule has 0 spiro atoms. The van der Waals surface area contributed by atoms with Gasteiger partial charge in [0.2, 0.25) is 0 Å². The van der Waals surface area contributed by atoms with Crippen molar-refractivity contribution in [3.63, 3.8) is 0 Å². The third-order valence-electron chi connectivity index (χ3n) is 1.10. The second kappa shape index (κ2) is 2.92. The van der Waals surface area contributed by atoms with Gasteiger partial charge in [-0.05, 0) is 25.0 Å². The molecule has 0 aliphatic carbocycles. The molecule has 0 saturated heterocycles. The van der Waals surface area contributed by atoms with E-state index in [9.17, 15) is 0 Å². The van der Waals surface area contributed by atoms with E-state index in [-0.39, 0.29) is 5.38 Å². The van der Waals surface area contributed by atoms with Crippen molar-refractivity contribution >= 4 is 11.6 Å². The average molecular weight is 145 g/mol. The zero-order chi connectivity index (χ0) is 6.69. The van der Waals surface area contributed by atoms with Crippen LogP contribution in [0.1, 0.15) is 12.5 Å². The highest BCUT2D eigenvalue weighted by Gasteiger charge is 1.98. The molecular formula is C7H9ClO. The molecular weight excluding hydrogens is 136 g/mol. The molecule has 1 rings (SSSR count). The molecule has 1 aromatic rings. The van der Waals surface area contributed by atoms with Crippen LogP contribution in [0.2, 0.25) is 0 Å². The molecule has 0 aliphatic heterocycles. The van der Waals surface area contributed by atoms with E-state index in [1.807, 2.05) is 13.0 Å². The lowest BCUT2D eigenvalue weighted by Gasteiger charge is -1.95. The maximum Gasteiger partial charge on any atom is 0.0935 e. The van der Waals surface area contributed by atoms with Gasteiger partial charge in [0, 0.05) is 5.38 Å².